The lowest BCUT2D eigenvalue weighted by atomic mass is 10.0. The summed E-state index contributed by atoms with van der Waals surface area (Å²) in [6.45, 7) is 2.71. The summed E-state index contributed by atoms with van der Waals surface area (Å²) in [5.41, 5.74) is -0.151. The van der Waals surface area contributed by atoms with Crippen molar-refractivity contribution in [2.75, 3.05) is 6.61 Å². The van der Waals surface area contributed by atoms with Crippen molar-refractivity contribution in [3.05, 3.63) is 12.2 Å². The van der Waals surface area contributed by atoms with E-state index in [9.17, 15) is 4.79 Å². The molecular formula is C7H12O5. The molecule has 0 aliphatic carbocycles. The molecule has 0 spiro atoms. The van der Waals surface area contributed by atoms with E-state index in [1.165, 1.54) is 0 Å². The molecule has 0 aromatic carbocycles. The molecule has 0 amide bonds. The molecule has 0 bridgehead atoms. The van der Waals surface area contributed by atoms with Crippen molar-refractivity contribution in [1.29, 1.82) is 0 Å². The number of aliphatic hydroxyl groups is 3. The van der Waals surface area contributed by atoms with E-state index in [4.69, 9.17) is 20.4 Å². The van der Waals surface area contributed by atoms with Crippen LogP contribution in [-0.2, 0) is 4.79 Å². The van der Waals surface area contributed by atoms with E-state index in [-0.39, 0.29) is 12.0 Å². The van der Waals surface area contributed by atoms with Gasteiger partial charge in [-0.2, -0.15) is 0 Å². The van der Waals surface area contributed by atoms with Gasteiger partial charge in [0, 0.05) is 11.5 Å². The first kappa shape index (κ1) is 11.1. The molecule has 0 radical (unpaired) electrons. The average Bonchev–Trinajstić information content (AvgIpc) is 1.98. The van der Waals surface area contributed by atoms with Crippen LogP contribution in [0.25, 0.3) is 0 Å². The van der Waals surface area contributed by atoms with Crippen LogP contribution < -0.4 is 0 Å². The summed E-state index contributed by atoms with van der Waals surface area (Å²) in [7, 11) is 0. The Labute approximate surface area is 69.6 Å². The number of rotatable bonds is 5. The first-order chi connectivity index (χ1) is 5.49. The minimum absolute atomic E-state index is 0.135. The average molecular weight is 176 g/mol. The molecule has 5 heteroatoms. The summed E-state index contributed by atoms with van der Waals surface area (Å²) in [4.78, 5) is 10.2. The number of hydrogen-bond donors (Lipinski definition) is 4. The molecular weight excluding hydrogens is 164 g/mol. The quantitative estimate of drug-likeness (QED) is 0.316. The minimum atomic E-state index is -1.72. The van der Waals surface area contributed by atoms with Crippen molar-refractivity contribution < 1.29 is 25.2 Å². The molecule has 0 fully saturated rings. The van der Waals surface area contributed by atoms with Gasteiger partial charge in [0.2, 0.25) is 0 Å². The molecule has 0 heterocycles. The van der Waals surface area contributed by atoms with E-state index in [2.05, 4.69) is 6.58 Å². The van der Waals surface area contributed by atoms with E-state index in [0.717, 1.165) is 0 Å². The molecule has 0 aliphatic rings. The van der Waals surface area contributed by atoms with Gasteiger partial charge in [-0.25, -0.2) is 4.79 Å². The van der Waals surface area contributed by atoms with Crippen molar-refractivity contribution in [3.63, 3.8) is 0 Å². The topological polar surface area (TPSA) is 98.0 Å². The van der Waals surface area contributed by atoms with Gasteiger partial charge in [0.05, 0.1) is 6.61 Å². The first-order valence-corrected chi connectivity index (χ1v) is 3.37. The van der Waals surface area contributed by atoms with E-state index in [0.29, 0.717) is 0 Å². The Morgan fingerprint density at radius 3 is 2.17 bits per heavy atom. The Morgan fingerprint density at radius 2 is 1.92 bits per heavy atom. The number of aliphatic carboxylic acids is 1. The molecule has 0 aromatic rings. The Kier molecular flexibility index (Phi) is 4.50. The van der Waals surface area contributed by atoms with Crippen molar-refractivity contribution in [2.24, 2.45) is 5.92 Å². The first-order valence-electron chi connectivity index (χ1n) is 3.37. The van der Waals surface area contributed by atoms with Crippen LogP contribution in [0.4, 0.5) is 0 Å². The van der Waals surface area contributed by atoms with Crippen LogP contribution in [0, 0.1) is 5.92 Å². The molecule has 5 nitrogen and oxygen atoms in total. The second-order valence-electron chi connectivity index (χ2n) is 2.47. The van der Waals surface area contributed by atoms with Gasteiger partial charge < -0.3 is 20.4 Å². The van der Waals surface area contributed by atoms with E-state index in [1.807, 2.05) is 0 Å². The predicted molar refractivity (Wildman–Crippen MR) is 40.2 cm³/mol. The summed E-state index contributed by atoms with van der Waals surface area (Å²) in [6.07, 6.45) is -1.85. The fourth-order valence-corrected chi connectivity index (χ4v) is 0.668. The second-order valence-corrected chi connectivity index (χ2v) is 2.47. The fraction of sp³-hybridized carbons (Fsp3) is 0.571. The molecule has 1 atom stereocenters. The molecule has 0 saturated carbocycles. The molecule has 4 N–H and O–H groups in total. The standard InChI is InChI=1S/C7H12O5/c1-4(6(9)10)2-5(3-8)7(11)12/h5,7-8,11-12H,1-3H2,(H,9,10). The van der Waals surface area contributed by atoms with Crippen LogP contribution >= 0.6 is 0 Å². The molecule has 70 valence electrons. The monoisotopic (exact) mass is 176 g/mol. The van der Waals surface area contributed by atoms with E-state index in [1.54, 1.807) is 0 Å². The highest BCUT2D eigenvalue weighted by molar-refractivity contribution is 5.85. The second kappa shape index (κ2) is 4.87. The van der Waals surface area contributed by atoms with Crippen LogP contribution in [0.15, 0.2) is 12.2 Å². The van der Waals surface area contributed by atoms with Gasteiger partial charge in [-0.3, -0.25) is 0 Å². The van der Waals surface area contributed by atoms with Crippen LogP contribution in [0.2, 0.25) is 0 Å². The molecule has 0 aliphatic heterocycles. The van der Waals surface area contributed by atoms with Gasteiger partial charge in [-0.05, 0) is 6.42 Å². The van der Waals surface area contributed by atoms with Crippen molar-refractivity contribution in [2.45, 2.75) is 12.7 Å². The largest absolute Gasteiger partial charge is 0.478 e. The van der Waals surface area contributed by atoms with E-state index >= 15 is 0 Å². The third-order valence-corrected chi connectivity index (χ3v) is 1.47. The lowest BCUT2D eigenvalue weighted by molar-refractivity contribution is -0.133. The number of aliphatic hydroxyl groups excluding tert-OH is 2. The summed E-state index contributed by atoms with van der Waals surface area (Å²) < 4.78 is 0. The molecule has 1 unspecified atom stereocenters. The maximum absolute atomic E-state index is 10.2. The molecule has 0 saturated heterocycles. The van der Waals surface area contributed by atoms with Crippen LogP contribution in [0.5, 0.6) is 0 Å². The Hall–Kier alpha value is -0.910. The highest BCUT2D eigenvalue weighted by atomic mass is 16.5. The van der Waals surface area contributed by atoms with Gasteiger partial charge in [0.15, 0.2) is 6.29 Å². The van der Waals surface area contributed by atoms with Gasteiger partial charge in [-0.1, -0.05) is 6.58 Å². The highest BCUT2D eigenvalue weighted by Gasteiger charge is 2.19. The lowest BCUT2D eigenvalue weighted by Gasteiger charge is -2.15. The summed E-state index contributed by atoms with van der Waals surface area (Å²) in [6, 6.07) is 0. The normalized spacial score (nSPS) is 13.0. The number of hydrogen-bond acceptors (Lipinski definition) is 4. The van der Waals surface area contributed by atoms with Crippen LogP contribution in [0.3, 0.4) is 0 Å². The SMILES string of the molecule is C=C(CC(CO)C(O)O)C(=O)O. The third kappa shape index (κ3) is 3.47. The van der Waals surface area contributed by atoms with Gasteiger partial charge in [0.25, 0.3) is 0 Å². The van der Waals surface area contributed by atoms with Crippen molar-refractivity contribution in [1.82, 2.24) is 0 Å². The van der Waals surface area contributed by atoms with Crippen LogP contribution in [0.1, 0.15) is 6.42 Å². The summed E-state index contributed by atoms with van der Waals surface area (Å²) >= 11 is 0. The van der Waals surface area contributed by atoms with Gasteiger partial charge in [-0.15, -0.1) is 0 Å². The smallest absolute Gasteiger partial charge is 0.330 e. The third-order valence-electron chi connectivity index (χ3n) is 1.47. The number of carboxylic acid groups (broad SMARTS) is 1. The Balaban J connectivity index is 4.03. The lowest BCUT2D eigenvalue weighted by Crippen LogP contribution is -2.24. The zero-order valence-corrected chi connectivity index (χ0v) is 6.47. The Bertz CT molecular complexity index is 175. The molecule has 0 rings (SSSR count). The predicted octanol–water partition coefficient (Wildman–Crippen LogP) is -1.06. The van der Waals surface area contributed by atoms with Gasteiger partial charge in [0.1, 0.15) is 0 Å². The zero-order chi connectivity index (χ0) is 9.72. The molecule has 12 heavy (non-hydrogen) atoms. The maximum atomic E-state index is 10.2. The summed E-state index contributed by atoms with van der Waals surface area (Å²) in [5.74, 6) is -2.08. The van der Waals surface area contributed by atoms with Gasteiger partial charge >= 0.3 is 5.97 Å². The number of carboxylic acids is 1. The van der Waals surface area contributed by atoms with Crippen LogP contribution in [-0.4, -0.2) is 39.3 Å². The minimum Gasteiger partial charge on any atom is -0.478 e. The maximum Gasteiger partial charge on any atom is 0.330 e. The number of carbonyl (C=O) groups is 1. The highest BCUT2D eigenvalue weighted by Crippen LogP contribution is 2.12. The van der Waals surface area contributed by atoms with E-state index < -0.39 is 24.8 Å². The van der Waals surface area contributed by atoms with Crippen molar-refractivity contribution in [3.8, 4) is 0 Å². The summed E-state index contributed by atoms with van der Waals surface area (Å²) in [5, 5.41) is 34.1. The fourth-order valence-electron chi connectivity index (χ4n) is 0.668. The zero-order valence-electron chi connectivity index (χ0n) is 6.47. The molecule has 0 aromatic heterocycles. The Morgan fingerprint density at radius 1 is 1.42 bits per heavy atom. The van der Waals surface area contributed by atoms with Crippen molar-refractivity contribution >= 4 is 5.97 Å².